The van der Waals surface area contributed by atoms with Crippen LogP contribution >= 0.6 is 0 Å². The van der Waals surface area contributed by atoms with Gasteiger partial charge in [-0.1, -0.05) is 19.6 Å². The number of fused-ring (bicyclic) bond motifs is 1. The maximum atomic E-state index is 12.7. The Labute approximate surface area is 190 Å². The van der Waals surface area contributed by atoms with Crippen LogP contribution in [-0.2, 0) is 21.5 Å². The van der Waals surface area contributed by atoms with Crippen LogP contribution in [0.25, 0.3) is 11.2 Å². The van der Waals surface area contributed by atoms with Crippen molar-refractivity contribution >= 4 is 41.1 Å². The molecule has 33 heavy (non-hydrogen) atoms. The molecule has 2 N–H and O–H groups in total. The van der Waals surface area contributed by atoms with Crippen molar-refractivity contribution in [1.29, 1.82) is 0 Å². The summed E-state index contributed by atoms with van der Waals surface area (Å²) in [5.74, 6) is 0.148. The van der Waals surface area contributed by atoms with Gasteiger partial charge in [0.05, 0.1) is 6.20 Å². The van der Waals surface area contributed by atoms with Gasteiger partial charge in [-0.15, -0.1) is 0 Å². The molecule has 2 aromatic rings. The molecule has 0 aliphatic carbocycles. The molecule has 3 rings (SSSR count). The van der Waals surface area contributed by atoms with E-state index < -0.39 is 42.2 Å². The number of carbonyl (C=O) groups excluding carboxylic acids is 1. The summed E-state index contributed by atoms with van der Waals surface area (Å²) < 4.78 is 68.8. The van der Waals surface area contributed by atoms with Crippen LogP contribution in [0.15, 0.2) is 18.5 Å². The van der Waals surface area contributed by atoms with Gasteiger partial charge in [0, 0.05) is 40.0 Å². The smallest absolute Gasteiger partial charge is 0.361 e. The number of urea groups is 1. The van der Waals surface area contributed by atoms with E-state index in [2.05, 4.69) is 40.2 Å². The Morgan fingerprint density at radius 1 is 1.33 bits per heavy atom. The summed E-state index contributed by atoms with van der Waals surface area (Å²) in [4.78, 5) is 20.8. The number of hydrogen-bond donors (Lipinski definition) is 2. The number of ether oxygens (including phenoxy) is 1. The number of amides is 2. The van der Waals surface area contributed by atoms with Crippen LogP contribution in [0.4, 0.5) is 23.8 Å². The largest absolute Gasteiger partial charge is 0.511 e. The van der Waals surface area contributed by atoms with E-state index in [0.717, 1.165) is 6.04 Å². The quantitative estimate of drug-likeness (QED) is 0.418. The minimum Gasteiger partial charge on any atom is -0.361 e. The Morgan fingerprint density at radius 3 is 2.73 bits per heavy atom. The molecule has 10 nitrogen and oxygen atoms in total. The fourth-order valence-corrected chi connectivity index (χ4v) is 4.99. The summed E-state index contributed by atoms with van der Waals surface area (Å²) in [6, 6.07) is 1.30. The average Bonchev–Trinajstić information content (AvgIpc) is 3.30. The average molecular weight is 509 g/mol. The van der Waals surface area contributed by atoms with Crippen LogP contribution in [0.3, 0.4) is 0 Å². The predicted octanol–water partition coefficient (Wildman–Crippen LogP) is 2.79. The Hall–Kier alpha value is -2.23. The van der Waals surface area contributed by atoms with Crippen molar-refractivity contribution in [3.05, 3.63) is 18.5 Å². The number of aromatic nitrogens is 3. The van der Waals surface area contributed by atoms with Crippen molar-refractivity contribution in [1.82, 2.24) is 24.2 Å². The number of hydrogen-bond acceptors (Lipinski definition) is 6. The zero-order valence-electron chi connectivity index (χ0n) is 18.5. The molecule has 0 radical (unpaired) electrons. The molecule has 2 amide bonds. The van der Waals surface area contributed by atoms with Crippen LogP contribution in [0, 0.1) is 0 Å². The minimum atomic E-state index is -5.41. The molecule has 1 saturated heterocycles. The van der Waals surface area contributed by atoms with Crippen molar-refractivity contribution in [2.45, 2.75) is 50.4 Å². The molecule has 1 aliphatic heterocycles. The topological polar surface area (TPSA) is 118 Å². The molecule has 0 unspecified atom stereocenters. The maximum absolute atomic E-state index is 12.7. The summed E-state index contributed by atoms with van der Waals surface area (Å²) in [6.07, 6.45) is 3.20. The first kappa shape index (κ1) is 25.4. The first-order valence-electron chi connectivity index (χ1n) is 10.3. The Kier molecular flexibility index (Phi) is 7.35. The summed E-state index contributed by atoms with van der Waals surface area (Å²) in [7, 11) is -6.60. The van der Waals surface area contributed by atoms with Crippen molar-refractivity contribution in [3.8, 4) is 0 Å². The van der Waals surface area contributed by atoms with E-state index in [1.54, 1.807) is 16.8 Å². The number of nitrogens with zero attached hydrogens (tertiary/aromatic N) is 4. The van der Waals surface area contributed by atoms with E-state index in [0.29, 0.717) is 28.8 Å². The molecular weight excluding hydrogens is 481 g/mol. The maximum Gasteiger partial charge on any atom is 0.511 e. The second-order valence-corrected chi connectivity index (χ2v) is 16.5. The molecule has 184 valence electrons. The molecular formula is C18H27F3N6O4SSi. The van der Waals surface area contributed by atoms with E-state index in [1.165, 1.54) is 6.20 Å². The van der Waals surface area contributed by atoms with Gasteiger partial charge in [0.1, 0.15) is 12.2 Å². The zero-order chi connectivity index (χ0) is 24.4. The molecule has 0 aromatic carbocycles. The number of nitrogens with one attached hydrogen (secondary N) is 2. The van der Waals surface area contributed by atoms with Gasteiger partial charge >= 0.3 is 21.6 Å². The number of carbonyl (C=O) groups is 1. The molecule has 1 atom stereocenters. The standard InChI is InChI=1S/C18H27F3N6O4SSi/c1-33(2,3)9-8-31-12-26-6-5-14-16(26)22-10-15(24-14)25-17(28)23-13-4-7-27(11-13)32(29,30)18(19,20)21/h5-6,10,13H,4,7-9,11-12H2,1-3H3,(H2,23,24,25,28)/t13-/m1/s1. The fourth-order valence-electron chi connectivity index (χ4n) is 3.22. The van der Waals surface area contributed by atoms with Gasteiger partial charge in [-0.25, -0.2) is 23.2 Å². The lowest BCUT2D eigenvalue weighted by Crippen LogP contribution is -2.43. The second-order valence-electron chi connectivity index (χ2n) is 8.99. The zero-order valence-corrected chi connectivity index (χ0v) is 20.3. The number of halogens is 3. The first-order valence-corrected chi connectivity index (χ1v) is 15.4. The van der Waals surface area contributed by atoms with E-state index in [1.807, 2.05) is 0 Å². The summed E-state index contributed by atoms with van der Waals surface area (Å²) in [5, 5.41) is 4.94. The van der Waals surface area contributed by atoms with Gasteiger partial charge in [0.25, 0.3) is 0 Å². The van der Waals surface area contributed by atoms with Gasteiger partial charge in [0.2, 0.25) is 0 Å². The molecule has 2 aromatic heterocycles. The molecule has 3 heterocycles. The van der Waals surface area contributed by atoms with E-state index >= 15 is 0 Å². The number of sulfonamides is 1. The fraction of sp³-hybridized carbons (Fsp3) is 0.611. The van der Waals surface area contributed by atoms with Crippen molar-refractivity contribution < 1.29 is 31.1 Å². The highest BCUT2D eigenvalue weighted by Crippen LogP contribution is 2.29. The van der Waals surface area contributed by atoms with Gasteiger partial charge < -0.3 is 14.6 Å². The van der Waals surface area contributed by atoms with Crippen molar-refractivity contribution in [2.24, 2.45) is 0 Å². The van der Waals surface area contributed by atoms with Gasteiger partial charge in [-0.2, -0.15) is 17.5 Å². The Morgan fingerprint density at radius 2 is 2.06 bits per heavy atom. The highest BCUT2D eigenvalue weighted by atomic mass is 32.2. The molecule has 0 saturated carbocycles. The van der Waals surface area contributed by atoms with E-state index in [-0.39, 0.29) is 18.8 Å². The summed E-state index contributed by atoms with van der Waals surface area (Å²) in [5.41, 5.74) is -4.26. The SMILES string of the molecule is C[Si](C)(C)CCOCn1ccc2nc(NC(=O)N[C@@H]3CCN(S(=O)(=O)C(F)(F)F)C3)cnc21. The molecule has 0 spiro atoms. The third-order valence-electron chi connectivity index (χ3n) is 5.05. The summed E-state index contributed by atoms with van der Waals surface area (Å²) in [6.45, 7) is 7.01. The minimum absolute atomic E-state index is 0.0635. The van der Waals surface area contributed by atoms with Gasteiger partial charge in [-0.05, 0) is 18.5 Å². The Bertz CT molecular complexity index is 1100. The van der Waals surface area contributed by atoms with E-state index in [4.69, 9.17) is 4.74 Å². The Balaban J connectivity index is 1.53. The summed E-state index contributed by atoms with van der Waals surface area (Å²) >= 11 is 0. The molecule has 1 fully saturated rings. The van der Waals surface area contributed by atoms with Gasteiger partial charge in [0.15, 0.2) is 11.5 Å². The van der Waals surface area contributed by atoms with Crippen LogP contribution in [0.2, 0.25) is 25.7 Å². The predicted molar refractivity (Wildman–Crippen MR) is 119 cm³/mol. The monoisotopic (exact) mass is 508 g/mol. The van der Waals surface area contributed by atoms with Crippen molar-refractivity contribution in [2.75, 3.05) is 25.0 Å². The number of anilines is 1. The normalized spacial score (nSPS) is 18.1. The third-order valence-corrected chi connectivity index (χ3v) is 8.35. The molecule has 0 bridgehead atoms. The second kappa shape index (κ2) is 9.56. The lowest BCUT2D eigenvalue weighted by atomic mass is 10.3. The van der Waals surface area contributed by atoms with Crippen LogP contribution in [0.5, 0.6) is 0 Å². The number of alkyl halides is 3. The highest BCUT2D eigenvalue weighted by Gasteiger charge is 2.51. The van der Waals surface area contributed by atoms with E-state index in [9.17, 15) is 26.4 Å². The van der Waals surface area contributed by atoms with Crippen LogP contribution < -0.4 is 10.6 Å². The lowest BCUT2D eigenvalue weighted by Gasteiger charge is -2.18. The number of rotatable bonds is 8. The van der Waals surface area contributed by atoms with Crippen LogP contribution in [0.1, 0.15) is 6.42 Å². The highest BCUT2D eigenvalue weighted by molar-refractivity contribution is 7.90. The van der Waals surface area contributed by atoms with Crippen molar-refractivity contribution in [3.63, 3.8) is 0 Å². The van der Waals surface area contributed by atoms with Crippen LogP contribution in [-0.4, -0.2) is 72.6 Å². The first-order chi connectivity index (χ1) is 15.3. The lowest BCUT2D eigenvalue weighted by molar-refractivity contribution is -0.0483. The molecule has 15 heteroatoms. The molecule has 1 aliphatic rings. The third kappa shape index (κ3) is 6.42. The van der Waals surface area contributed by atoms with Gasteiger partial charge in [-0.3, -0.25) is 5.32 Å².